The second kappa shape index (κ2) is 4.58. The van der Waals surface area contributed by atoms with Crippen molar-refractivity contribution in [3.05, 3.63) is 39.4 Å². The van der Waals surface area contributed by atoms with Crippen LogP contribution in [-0.4, -0.2) is 29.4 Å². The maximum absolute atomic E-state index is 4.59. The van der Waals surface area contributed by atoms with Crippen molar-refractivity contribution < 1.29 is 0 Å². The third-order valence-corrected chi connectivity index (χ3v) is 6.56. The summed E-state index contributed by atoms with van der Waals surface area (Å²) in [5.74, 6) is 0. The Bertz CT molecular complexity index is 714. The summed E-state index contributed by atoms with van der Waals surface area (Å²) in [4.78, 5) is 6.97. The first-order chi connectivity index (χ1) is 9.38. The number of rotatable bonds is 2. The lowest BCUT2D eigenvalue weighted by molar-refractivity contribution is 0.650. The lowest BCUT2D eigenvalue weighted by Crippen LogP contribution is -2.19. The Morgan fingerprint density at radius 3 is 3.16 bits per heavy atom. The number of fused-ring (bicyclic) bond motifs is 2. The molecule has 2 aliphatic heterocycles. The van der Waals surface area contributed by atoms with Crippen LogP contribution in [0.3, 0.4) is 0 Å². The summed E-state index contributed by atoms with van der Waals surface area (Å²) in [6.07, 6.45) is 2.15. The van der Waals surface area contributed by atoms with Gasteiger partial charge in [-0.05, 0) is 34.9 Å². The predicted molar refractivity (Wildman–Crippen MR) is 88.9 cm³/mol. The monoisotopic (exact) mass is 304 g/mol. The second-order valence-corrected chi connectivity index (χ2v) is 7.37. The topological polar surface area (TPSA) is 15.6 Å². The van der Waals surface area contributed by atoms with Crippen LogP contribution in [0.5, 0.6) is 0 Å². The van der Waals surface area contributed by atoms with E-state index in [2.05, 4.69) is 45.8 Å². The number of amidine groups is 1. The summed E-state index contributed by atoms with van der Waals surface area (Å²) < 4.78 is 2.76. The zero-order valence-corrected chi connectivity index (χ0v) is 12.9. The van der Waals surface area contributed by atoms with Crippen LogP contribution in [0.15, 0.2) is 38.9 Å². The summed E-state index contributed by atoms with van der Waals surface area (Å²) in [5, 5.41) is 4.69. The number of thioether (sulfide) groups is 2. The van der Waals surface area contributed by atoms with Crippen LogP contribution in [0.25, 0.3) is 15.8 Å². The van der Waals surface area contributed by atoms with Gasteiger partial charge in [0, 0.05) is 16.8 Å². The van der Waals surface area contributed by atoms with E-state index in [9.17, 15) is 0 Å². The van der Waals surface area contributed by atoms with Gasteiger partial charge in [-0.15, -0.1) is 23.1 Å². The van der Waals surface area contributed by atoms with Gasteiger partial charge in [-0.3, -0.25) is 4.99 Å². The normalized spacial score (nSPS) is 18.4. The van der Waals surface area contributed by atoms with Crippen LogP contribution in [0.2, 0.25) is 0 Å². The van der Waals surface area contributed by atoms with E-state index < -0.39 is 0 Å². The molecule has 4 rings (SSSR count). The van der Waals surface area contributed by atoms with Crippen molar-refractivity contribution >= 4 is 55.8 Å². The van der Waals surface area contributed by atoms with E-state index >= 15 is 0 Å². The average molecular weight is 304 g/mol. The van der Waals surface area contributed by atoms with Crippen molar-refractivity contribution in [3.8, 4) is 0 Å². The van der Waals surface area contributed by atoms with Gasteiger partial charge in [0.25, 0.3) is 0 Å². The Kier molecular flexibility index (Phi) is 2.86. The minimum Gasteiger partial charge on any atom is -0.317 e. The van der Waals surface area contributed by atoms with E-state index in [0.29, 0.717) is 0 Å². The van der Waals surface area contributed by atoms with Gasteiger partial charge in [0.05, 0.1) is 16.5 Å². The largest absolute Gasteiger partial charge is 0.317 e. The molecule has 96 valence electrons. The SMILES string of the molecule is CSC1=C(c2cccc3ccsc23)N2CCN=C2S1. The summed E-state index contributed by atoms with van der Waals surface area (Å²) >= 11 is 5.47. The molecule has 0 saturated carbocycles. The average Bonchev–Trinajstić information content (AvgIpc) is 3.12. The molecule has 5 heteroatoms. The van der Waals surface area contributed by atoms with Crippen LogP contribution in [0.4, 0.5) is 0 Å². The van der Waals surface area contributed by atoms with Crippen LogP contribution in [0, 0.1) is 0 Å². The Hall–Kier alpha value is -0.910. The molecule has 0 spiro atoms. The van der Waals surface area contributed by atoms with Gasteiger partial charge in [0.2, 0.25) is 0 Å². The zero-order valence-electron chi connectivity index (χ0n) is 10.4. The lowest BCUT2D eigenvalue weighted by atomic mass is 10.1. The fraction of sp³-hybridized carbons (Fsp3) is 0.214. The molecule has 3 heterocycles. The molecule has 0 atom stereocenters. The Morgan fingerprint density at radius 1 is 1.32 bits per heavy atom. The van der Waals surface area contributed by atoms with Gasteiger partial charge in [-0.2, -0.15) is 0 Å². The first kappa shape index (κ1) is 11.9. The number of hydrogen-bond donors (Lipinski definition) is 0. The summed E-state index contributed by atoms with van der Waals surface area (Å²) in [5.41, 5.74) is 2.72. The molecule has 0 amide bonds. The van der Waals surface area contributed by atoms with E-state index in [1.54, 1.807) is 0 Å². The Balaban J connectivity index is 1.95. The fourth-order valence-corrected chi connectivity index (χ4v) is 5.35. The summed E-state index contributed by atoms with van der Waals surface area (Å²) in [7, 11) is 0. The highest BCUT2D eigenvalue weighted by molar-refractivity contribution is 8.30. The molecule has 2 nitrogen and oxygen atoms in total. The number of aliphatic imine (C=N–C) groups is 1. The van der Waals surface area contributed by atoms with E-state index in [-0.39, 0.29) is 0 Å². The molecular weight excluding hydrogens is 292 g/mol. The molecular formula is C14H12N2S3. The molecule has 0 fully saturated rings. The summed E-state index contributed by atoms with van der Waals surface area (Å²) in [6.45, 7) is 1.94. The third kappa shape index (κ3) is 1.75. The maximum Gasteiger partial charge on any atom is 0.169 e. The van der Waals surface area contributed by atoms with Crippen molar-refractivity contribution in [3.63, 3.8) is 0 Å². The van der Waals surface area contributed by atoms with Gasteiger partial charge in [-0.1, -0.05) is 18.2 Å². The highest BCUT2D eigenvalue weighted by Crippen LogP contribution is 2.47. The fourth-order valence-electron chi connectivity index (χ4n) is 2.54. The molecule has 1 aromatic carbocycles. The molecule has 0 radical (unpaired) electrons. The quantitative estimate of drug-likeness (QED) is 0.822. The molecule has 0 N–H and O–H groups in total. The van der Waals surface area contributed by atoms with Crippen molar-refractivity contribution in [2.45, 2.75) is 0 Å². The Morgan fingerprint density at radius 2 is 2.26 bits per heavy atom. The molecule has 2 aromatic rings. The molecule has 19 heavy (non-hydrogen) atoms. The van der Waals surface area contributed by atoms with Crippen molar-refractivity contribution in [1.82, 2.24) is 4.90 Å². The van der Waals surface area contributed by atoms with Crippen LogP contribution in [-0.2, 0) is 0 Å². The van der Waals surface area contributed by atoms with Crippen LogP contribution in [0.1, 0.15) is 5.56 Å². The van der Waals surface area contributed by atoms with E-state index in [1.165, 1.54) is 30.8 Å². The highest BCUT2D eigenvalue weighted by Gasteiger charge is 2.33. The number of benzene rings is 1. The maximum atomic E-state index is 4.59. The van der Waals surface area contributed by atoms with Gasteiger partial charge in [0.1, 0.15) is 0 Å². The third-order valence-electron chi connectivity index (χ3n) is 3.37. The molecule has 0 saturated heterocycles. The molecule has 2 aliphatic rings. The number of thiophene rings is 1. The summed E-state index contributed by atoms with van der Waals surface area (Å²) in [6, 6.07) is 8.79. The highest BCUT2D eigenvalue weighted by atomic mass is 32.2. The molecule has 0 unspecified atom stereocenters. The predicted octanol–water partition coefficient (Wildman–Crippen LogP) is 4.31. The standard InChI is InChI=1S/C14H12N2S3/c1-17-13-11(16-7-6-15-14(16)19-13)10-4-2-3-9-5-8-18-12(9)10/h2-5,8H,6-7H2,1H3. The first-order valence-corrected chi connectivity index (χ1v) is 9.05. The Labute approximate surface area is 124 Å². The minimum absolute atomic E-state index is 0.925. The van der Waals surface area contributed by atoms with Crippen molar-refractivity contribution in [1.29, 1.82) is 0 Å². The van der Waals surface area contributed by atoms with Gasteiger partial charge < -0.3 is 4.90 Å². The van der Waals surface area contributed by atoms with E-state index in [0.717, 1.165) is 13.1 Å². The van der Waals surface area contributed by atoms with Crippen LogP contribution < -0.4 is 0 Å². The van der Waals surface area contributed by atoms with Gasteiger partial charge >= 0.3 is 0 Å². The van der Waals surface area contributed by atoms with E-state index in [4.69, 9.17) is 0 Å². The smallest absolute Gasteiger partial charge is 0.169 e. The van der Waals surface area contributed by atoms with Crippen LogP contribution >= 0.6 is 34.9 Å². The van der Waals surface area contributed by atoms with Gasteiger partial charge in [-0.25, -0.2) is 0 Å². The van der Waals surface area contributed by atoms with Crippen molar-refractivity contribution in [2.75, 3.05) is 19.3 Å². The number of hydrogen-bond acceptors (Lipinski definition) is 5. The zero-order chi connectivity index (χ0) is 12.8. The molecule has 1 aromatic heterocycles. The first-order valence-electron chi connectivity index (χ1n) is 6.13. The number of nitrogens with zero attached hydrogens (tertiary/aromatic N) is 2. The minimum atomic E-state index is 0.925. The molecule has 0 aliphatic carbocycles. The lowest BCUT2D eigenvalue weighted by Gasteiger charge is -2.17. The second-order valence-electron chi connectivity index (χ2n) is 4.40. The van der Waals surface area contributed by atoms with Crippen molar-refractivity contribution in [2.24, 2.45) is 4.99 Å². The van der Waals surface area contributed by atoms with E-state index in [1.807, 2.05) is 34.9 Å². The molecule has 0 bridgehead atoms. The van der Waals surface area contributed by atoms with Gasteiger partial charge in [0.15, 0.2) is 5.17 Å².